The van der Waals surface area contributed by atoms with Crippen LogP contribution in [0.5, 0.6) is 0 Å². The van der Waals surface area contributed by atoms with Crippen LogP contribution in [0.3, 0.4) is 0 Å². The summed E-state index contributed by atoms with van der Waals surface area (Å²) in [6.45, 7) is 2.74. The van der Waals surface area contributed by atoms with Crippen LogP contribution in [0, 0.1) is 0 Å². The Bertz CT molecular complexity index is 548. The third-order valence-corrected chi connectivity index (χ3v) is 4.45. The van der Waals surface area contributed by atoms with E-state index in [1.165, 1.54) is 6.07 Å². The van der Waals surface area contributed by atoms with E-state index in [1.54, 1.807) is 17.0 Å². The van der Waals surface area contributed by atoms with Crippen molar-refractivity contribution in [3.63, 3.8) is 0 Å². The number of anilines is 1. The van der Waals surface area contributed by atoms with Crippen LogP contribution in [-0.2, 0) is 0 Å². The number of hydrogen-bond acceptors (Lipinski definition) is 2. The van der Waals surface area contributed by atoms with Gasteiger partial charge in [-0.25, -0.2) is 9.59 Å². The number of urea groups is 1. The number of carboxylic acid groups (broad SMARTS) is 1. The van der Waals surface area contributed by atoms with Gasteiger partial charge in [0.15, 0.2) is 0 Å². The predicted molar refractivity (Wildman–Crippen MR) is 84.8 cm³/mol. The number of rotatable bonds is 2. The van der Waals surface area contributed by atoms with E-state index >= 15 is 0 Å². The van der Waals surface area contributed by atoms with Crippen LogP contribution in [0.15, 0.2) is 22.7 Å². The highest BCUT2D eigenvalue weighted by Gasteiger charge is 2.24. The van der Waals surface area contributed by atoms with Crippen LogP contribution in [0.2, 0.25) is 0 Å². The largest absolute Gasteiger partial charge is 0.478 e. The van der Waals surface area contributed by atoms with Gasteiger partial charge in [0.05, 0.1) is 11.3 Å². The SMILES string of the molecule is CC1CCCCCN1C(=O)Nc1c(Br)cccc1C(=O)O. The minimum atomic E-state index is -1.06. The normalized spacial score (nSPS) is 19.0. The lowest BCUT2D eigenvalue weighted by atomic mass is 10.1. The molecule has 5 nitrogen and oxygen atoms in total. The van der Waals surface area contributed by atoms with Gasteiger partial charge < -0.3 is 15.3 Å². The first-order valence-corrected chi connectivity index (χ1v) is 7.89. The molecule has 0 aliphatic carbocycles. The Morgan fingerprint density at radius 2 is 2.10 bits per heavy atom. The first kappa shape index (κ1) is 15.8. The quantitative estimate of drug-likeness (QED) is 0.844. The van der Waals surface area contributed by atoms with Crippen molar-refractivity contribution in [3.8, 4) is 0 Å². The number of carboxylic acids is 1. The van der Waals surface area contributed by atoms with Crippen molar-refractivity contribution in [3.05, 3.63) is 28.2 Å². The number of amides is 2. The Morgan fingerprint density at radius 3 is 2.81 bits per heavy atom. The summed E-state index contributed by atoms with van der Waals surface area (Å²) in [6, 6.07) is 4.77. The maximum absolute atomic E-state index is 12.5. The number of carbonyl (C=O) groups excluding carboxylic acids is 1. The summed E-state index contributed by atoms with van der Waals surface area (Å²) >= 11 is 3.30. The number of para-hydroxylation sites is 1. The van der Waals surface area contributed by atoms with Gasteiger partial charge in [-0.3, -0.25) is 0 Å². The fraction of sp³-hybridized carbons (Fsp3) is 0.467. The molecule has 1 aliphatic heterocycles. The molecule has 1 heterocycles. The van der Waals surface area contributed by atoms with E-state index in [0.29, 0.717) is 16.7 Å². The number of benzene rings is 1. The molecule has 2 amide bonds. The van der Waals surface area contributed by atoms with E-state index < -0.39 is 5.97 Å². The summed E-state index contributed by atoms with van der Waals surface area (Å²) in [5, 5.41) is 12.0. The van der Waals surface area contributed by atoms with Gasteiger partial charge in [-0.15, -0.1) is 0 Å². The zero-order valence-corrected chi connectivity index (χ0v) is 13.5. The van der Waals surface area contributed by atoms with Gasteiger partial charge in [0.1, 0.15) is 0 Å². The van der Waals surface area contributed by atoms with E-state index in [-0.39, 0.29) is 17.6 Å². The average molecular weight is 355 g/mol. The molecule has 1 aromatic rings. The van der Waals surface area contributed by atoms with E-state index in [0.717, 1.165) is 25.7 Å². The van der Waals surface area contributed by atoms with Gasteiger partial charge in [0, 0.05) is 17.1 Å². The molecule has 114 valence electrons. The zero-order valence-electron chi connectivity index (χ0n) is 11.9. The van der Waals surface area contributed by atoms with Gasteiger partial charge in [0.2, 0.25) is 0 Å². The van der Waals surface area contributed by atoms with E-state index in [1.807, 2.05) is 6.92 Å². The second-order valence-electron chi connectivity index (χ2n) is 5.29. The Kier molecular flexibility index (Phi) is 5.22. The minimum absolute atomic E-state index is 0.0835. The maximum Gasteiger partial charge on any atom is 0.337 e. The van der Waals surface area contributed by atoms with Crippen molar-refractivity contribution in [2.45, 2.75) is 38.6 Å². The number of nitrogens with zero attached hydrogens (tertiary/aromatic N) is 1. The fourth-order valence-electron chi connectivity index (χ4n) is 2.58. The van der Waals surface area contributed by atoms with Crippen molar-refractivity contribution in [1.29, 1.82) is 0 Å². The third kappa shape index (κ3) is 3.75. The standard InChI is InChI=1S/C15H19BrN2O3/c1-10-6-3-2-4-9-18(10)15(21)17-13-11(14(19)20)7-5-8-12(13)16/h5,7-8,10H,2-4,6,9H2,1H3,(H,17,21)(H,19,20). The molecule has 1 saturated heterocycles. The Morgan fingerprint density at radius 1 is 1.33 bits per heavy atom. The molecule has 0 spiro atoms. The molecule has 6 heteroatoms. The summed E-state index contributed by atoms with van der Waals surface area (Å²) in [5.41, 5.74) is 0.395. The number of likely N-dealkylation sites (tertiary alicyclic amines) is 1. The molecule has 21 heavy (non-hydrogen) atoms. The number of halogens is 1. The van der Waals surface area contributed by atoms with Crippen molar-refractivity contribution in [2.75, 3.05) is 11.9 Å². The highest BCUT2D eigenvalue weighted by Crippen LogP contribution is 2.27. The zero-order chi connectivity index (χ0) is 15.4. The van der Waals surface area contributed by atoms with Crippen molar-refractivity contribution < 1.29 is 14.7 Å². The fourth-order valence-corrected chi connectivity index (χ4v) is 3.05. The smallest absolute Gasteiger partial charge is 0.337 e. The molecule has 1 aromatic carbocycles. The van der Waals surface area contributed by atoms with Crippen LogP contribution < -0.4 is 5.32 Å². The molecule has 1 aliphatic rings. The first-order valence-electron chi connectivity index (χ1n) is 7.10. The Balaban J connectivity index is 2.21. The van der Waals surface area contributed by atoms with Gasteiger partial charge in [-0.1, -0.05) is 18.9 Å². The predicted octanol–water partition coefficient (Wildman–Crippen LogP) is 3.94. The molecule has 1 unspecified atom stereocenters. The maximum atomic E-state index is 12.5. The Hall–Kier alpha value is -1.56. The Labute approximate surface area is 132 Å². The van der Waals surface area contributed by atoms with E-state index in [2.05, 4.69) is 21.2 Å². The summed E-state index contributed by atoms with van der Waals surface area (Å²) in [5.74, 6) is -1.06. The average Bonchev–Trinajstić information content (AvgIpc) is 2.65. The molecule has 0 aromatic heterocycles. The van der Waals surface area contributed by atoms with E-state index in [4.69, 9.17) is 0 Å². The number of hydrogen-bond donors (Lipinski definition) is 2. The van der Waals surface area contributed by atoms with Crippen LogP contribution in [0.4, 0.5) is 10.5 Å². The lowest BCUT2D eigenvalue weighted by Crippen LogP contribution is -2.41. The molecule has 2 N–H and O–H groups in total. The number of aromatic carboxylic acids is 1. The van der Waals surface area contributed by atoms with Crippen molar-refractivity contribution >= 4 is 33.6 Å². The van der Waals surface area contributed by atoms with Crippen LogP contribution >= 0.6 is 15.9 Å². The second-order valence-corrected chi connectivity index (χ2v) is 6.14. The summed E-state index contributed by atoms with van der Waals surface area (Å²) < 4.78 is 0.568. The lowest BCUT2D eigenvalue weighted by Gasteiger charge is -2.27. The van der Waals surface area contributed by atoms with Gasteiger partial charge >= 0.3 is 12.0 Å². The van der Waals surface area contributed by atoms with Gasteiger partial charge in [-0.2, -0.15) is 0 Å². The van der Waals surface area contributed by atoms with E-state index in [9.17, 15) is 14.7 Å². The monoisotopic (exact) mass is 354 g/mol. The highest BCUT2D eigenvalue weighted by atomic mass is 79.9. The molecule has 2 rings (SSSR count). The molecule has 0 radical (unpaired) electrons. The number of nitrogens with one attached hydrogen (secondary N) is 1. The van der Waals surface area contributed by atoms with Gasteiger partial charge in [-0.05, 0) is 47.8 Å². The highest BCUT2D eigenvalue weighted by molar-refractivity contribution is 9.10. The molecule has 0 bridgehead atoms. The molecule has 0 saturated carbocycles. The topological polar surface area (TPSA) is 69.6 Å². The van der Waals surface area contributed by atoms with Crippen molar-refractivity contribution in [2.24, 2.45) is 0 Å². The summed E-state index contributed by atoms with van der Waals surface area (Å²) in [7, 11) is 0. The summed E-state index contributed by atoms with van der Waals surface area (Å²) in [4.78, 5) is 25.5. The molecular weight excluding hydrogens is 336 g/mol. The van der Waals surface area contributed by atoms with Crippen LogP contribution in [-0.4, -0.2) is 34.6 Å². The molecule has 1 atom stereocenters. The lowest BCUT2D eigenvalue weighted by molar-refractivity contribution is 0.0698. The van der Waals surface area contributed by atoms with Crippen LogP contribution in [0.25, 0.3) is 0 Å². The van der Waals surface area contributed by atoms with Crippen LogP contribution in [0.1, 0.15) is 43.0 Å². The minimum Gasteiger partial charge on any atom is -0.478 e. The van der Waals surface area contributed by atoms with Crippen molar-refractivity contribution in [1.82, 2.24) is 4.90 Å². The first-order chi connectivity index (χ1) is 10.0. The van der Waals surface area contributed by atoms with Gasteiger partial charge in [0.25, 0.3) is 0 Å². The molecule has 1 fully saturated rings. The molecular formula is C15H19BrN2O3. The second kappa shape index (κ2) is 6.93. The summed E-state index contributed by atoms with van der Waals surface area (Å²) in [6.07, 6.45) is 4.22. The number of carbonyl (C=O) groups is 2. The third-order valence-electron chi connectivity index (χ3n) is 3.79.